The maximum atomic E-state index is 11.8. The highest BCUT2D eigenvalue weighted by Crippen LogP contribution is 2.15. The van der Waals surface area contributed by atoms with Crippen molar-refractivity contribution in [2.24, 2.45) is 0 Å². The van der Waals surface area contributed by atoms with Crippen LogP contribution >= 0.6 is 15.9 Å². The summed E-state index contributed by atoms with van der Waals surface area (Å²) in [7, 11) is 0. The van der Waals surface area contributed by atoms with Gasteiger partial charge >= 0.3 is 5.76 Å². The number of rotatable bonds is 4. The lowest BCUT2D eigenvalue weighted by Crippen LogP contribution is -2.19. The van der Waals surface area contributed by atoms with Crippen LogP contribution in [0.4, 0.5) is 5.69 Å². The van der Waals surface area contributed by atoms with Crippen molar-refractivity contribution < 1.29 is 4.42 Å². The number of hydrogen-bond acceptors (Lipinski definition) is 4. The lowest BCUT2D eigenvalue weighted by molar-refractivity contribution is 0.509. The van der Waals surface area contributed by atoms with Crippen LogP contribution in [0.1, 0.15) is 0 Å². The molecule has 0 amide bonds. The van der Waals surface area contributed by atoms with E-state index in [0.29, 0.717) is 24.3 Å². The Morgan fingerprint density at radius 2 is 2.20 bits per heavy atom. The fraction of sp³-hybridized carbons (Fsp3) is 0.143. The molecule has 0 atom stereocenters. The largest absolute Gasteiger partial charge is 0.421 e. The Bertz CT molecular complexity index is 794. The molecule has 2 heterocycles. The third kappa shape index (κ3) is 2.60. The van der Waals surface area contributed by atoms with E-state index in [4.69, 9.17) is 4.42 Å². The van der Waals surface area contributed by atoms with Crippen molar-refractivity contribution >= 4 is 32.8 Å². The molecule has 1 aromatic carbocycles. The van der Waals surface area contributed by atoms with Crippen molar-refractivity contribution in [2.45, 2.75) is 6.54 Å². The van der Waals surface area contributed by atoms with Crippen molar-refractivity contribution in [3.8, 4) is 0 Å². The van der Waals surface area contributed by atoms with E-state index in [2.05, 4.69) is 26.2 Å². The highest BCUT2D eigenvalue weighted by molar-refractivity contribution is 9.10. The van der Waals surface area contributed by atoms with Gasteiger partial charge in [-0.1, -0.05) is 22.0 Å². The van der Waals surface area contributed by atoms with Crippen molar-refractivity contribution in [1.82, 2.24) is 9.55 Å². The number of benzene rings is 1. The van der Waals surface area contributed by atoms with Crippen LogP contribution in [0, 0.1) is 0 Å². The second-order valence-electron chi connectivity index (χ2n) is 4.28. The van der Waals surface area contributed by atoms with Gasteiger partial charge in [0.05, 0.1) is 0 Å². The molecule has 0 saturated heterocycles. The van der Waals surface area contributed by atoms with E-state index in [0.717, 1.165) is 10.2 Å². The van der Waals surface area contributed by atoms with Crippen LogP contribution in [0.3, 0.4) is 0 Å². The molecule has 0 unspecified atom stereocenters. The molecule has 102 valence electrons. The highest BCUT2D eigenvalue weighted by Gasteiger charge is 2.08. The zero-order chi connectivity index (χ0) is 13.9. The van der Waals surface area contributed by atoms with E-state index < -0.39 is 0 Å². The van der Waals surface area contributed by atoms with Crippen molar-refractivity contribution in [3.05, 3.63) is 57.6 Å². The van der Waals surface area contributed by atoms with Crippen molar-refractivity contribution in [1.29, 1.82) is 0 Å². The average Bonchev–Trinajstić information content (AvgIpc) is 2.75. The van der Waals surface area contributed by atoms with Gasteiger partial charge in [-0.25, -0.2) is 9.78 Å². The fourth-order valence-corrected chi connectivity index (χ4v) is 2.41. The zero-order valence-corrected chi connectivity index (χ0v) is 12.1. The van der Waals surface area contributed by atoms with Crippen LogP contribution < -0.4 is 11.1 Å². The van der Waals surface area contributed by atoms with Gasteiger partial charge in [0.1, 0.15) is 0 Å². The first-order valence-electron chi connectivity index (χ1n) is 6.18. The molecule has 0 fully saturated rings. The minimum absolute atomic E-state index is 0.380. The Hall–Kier alpha value is -2.08. The summed E-state index contributed by atoms with van der Waals surface area (Å²) in [6.45, 7) is 1.11. The van der Waals surface area contributed by atoms with Crippen molar-refractivity contribution in [3.63, 3.8) is 0 Å². The van der Waals surface area contributed by atoms with Crippen LogP contribution in [-0.4, -0.2) is 16.1 Å². The first-order chi connectivity index (χ1) is 9.74. The molecule has 2 aromatic heterocycles. The van der Waals surface area contributed by atoms with Crippen LogP contribution in [0.15, 0.2) is 56.3 Å². The minimum Gasteiger partial charge on any atom is -0.406 e. The van der Waals surface area contributed by atoms with Gasteiger partial charge in [-0.2, -0.15) is 0 Å². The normalized spacial score (nSPS) is 10.8. The standard InChI is InChI=1S/C14H12BrN3O2/c15-10-3-1-4-11(9-10)16-7-8-18-13-12(20-14(18)19)5-2-6-17-13/h1-6,9,16H,7-8H2. The lowest BCUT2D eigenvalue weighted by Gasteiger charge is -2.06. The minimum atomic E-state index is -0.380. The second kappa shape index (κ2) is 5.50. The third-order valence-electron chi connectivity index (χ3n) is 2.91. The zero-order valence-electron chi connectivity index (χ0n) is 10.5. The number of aromatic nitrogens is 2. The van der Waals surface area contributed by atoms with Gasteiger partial charge in [0, 0.05) is 29.4 Å². The van der Waals surface area contributed by atoms with E-state index in [-0.39, 0.29) is 5.76 Å². The summed E-state index contributed by atoms with van der Waals surface area (Å²) >= 11 is 3.42. The number of halogens is 1. The lowest BCUT2D eigenvalue weighted by atomic mass is 10.3. The molecule has 1 N–H and O–H groups in total. The molecular weight excluding hydrogens is 322 g/mol. The Morgan fingerprint density at radius 1 is 1.30 bits per heavy atom. The Kier molecular flexibility index (Phi) is 3.56. The molecule has 5 nitrogen and oxygen atoms in total. The van der Waals surface area contributed by atoms with Gasteiger partial charge in [-0.05, 0) is 30.3 Å². The predicted molar refractivity (Wildman–Crippen MR) is 80.9 cm³/mol. The maximum Gasteiger partial charge on any atom is 0.421 e. The summed E-state index contributed by atoms with van der Waals surface area (Å²) in [4.78, 5) is 15.9. The Labute approximate surface area is 123 Å². The quantitative estimate of drug-likeness (QED) is 0.797. The van der Waals surface area contributed by atoms with Crippen LogP contribution in [0.25, 0.3) is 11.2 Å². The van der Waals surface area contributed by atoms with Gasteiger partial charge in [0.15, 0.2) is 11.2 Å². The molecule has 20 heavy (non-hydrogen) atoms. The molecule has 0 spiro atoms. The summed E-state index contributed by atoms with van der Waals surface area (Å²) in [5.41, 5.74) is 2.08. The molecule has 0 saturated carbocycles. The van der Waals surface area contributed by atoms with Crippen LogP contribution in [0.2, 0.25) is 0 Å². The molecule has 3 aromatic rings. The van der Waals surface area contributed by atoms with E-state index in [1.54, 1.807) is 18.3 Å². The van der Waals surface area contributed by atoms with Gasteiger partial charge in [-0.15, -0.1) is 0 Å². The van der Waals surface area contributed by atoms with Gasteiger partial charge in [-0.3, -0.25) is 4.57 Å². The fourth-order valence-electron chi connectivity index (χ4n) is 2.01. The Morgan fingerprint density at radius 3 is 3.05 bits per heavy atom. The van der Waals surface area contributed by atoms with Crippen LogP contribution in [-0.2, 0) is 6.54 Å². The Balaban J connectivity index is 1.74. The number of anilines is 1. The molecule has 0 radical (unpaired) electrons. The summed E-state index contributed by atoms with van der Waals surface area (Å²) in [5.74, 6) is -0.380. The highest BCUT2D eigenvalue weighted by atomic mass is 79.9. The second-order valence-corrected chi connectivity index (χ2v) is 5.20. The molecule has 0 aliphatic carbocycles. The first-order valence-corrected chi connectivity index (χ1v) is 6.97. The van der Waals surface area contributed by atoms with E-state index in [1.807, 2.05) is 24.3 Å². The molecular formula is C14H12BrN3O2. The van der Waals surface area contributed by atoms with Gasteiger partial charge in [0.2, 0.25) is 0 Å². The molecule has 0 aliphatic rings. The van der Waals surface area contributed by atoms with E-state index in [1.165, 1.54) is 4.57 Å². The molecule has 3 rings (SSSR count). The monoisotopic (exact) mass is 333 g/mol. The first kappa shape index (κ1) is 12.9. The number of fused-ring (bicyclic) bond motifs is 1. The average molecular weight is 334 g/mol. The topological polar surface area (TPSA) is 60.1 Å². The van der Waals surface area contributed by atoms with Crippen LogP contribution in [0.5, 0.6) is 0 Å². The van der Waals surface area contributed by atoms with E-state index in [9.17, 15) is 4.79 Å². The number of nitrogens with zero attached hydrogens (tertiary/aromatic N) is 2. The summed E-state index contributed by atoms with van der Waals surface area (Å²) < 4.78 is 7.67. The summed E-state index contributed by atoms with van der Waals surface area (Å²) in [6.07, 6.45) is 1.65. The van der Waals surface area contributed by atoms with E-state index >= 15 is 0 Å². The maximum absolute atomic E-state index is 11.8. The summed E-state index contributed by atoms with van der Waals surface area (Å²) in [5, 5.41) is 3.26. The number of pyridine rings is 1. The van der Waals surface area contributed by atoms with Gasteiger partial charge in [0.25, 0.3) is 0 Å². The smallest absolute Gasteiger partial charge is 0.406 e. The summed E-state index contributed by atoms with van der Waals surface area (Å²) in [6, 6.07) is 11.3. The molecule has 0 aliphatic heterocycles. The molecule has 6 heteroatoms. The third-order valence-corrected chi connectivity index (χ3v) is 3.41. The number of hydrogen-bond donors (Lipinski definition) is 1. The number of oxazole rings is 1. The SMILES string of the molecule is O=c1oc2cccnc2n1CCNc1cccc(Br)c1. The van der Waals surface area contributed by atoms with Crippen molar-refractivity contribution in [2.75, 3.05) is 11.9 Å². The predicted octanol–water partition coefficient (Wildman–Crippen LogP) is 2.86. The molecule has 0 bridgehead atoms. The number of nitrogens with one attached hydrogen (secondary N) is 1. The van der Waals surface area contributed by atoms with Gasteiger partial charge < -0.3 is 9.73 Å².